The van der Waals surface area contributed by atoms with E-state index in [2.05, 4.69) is 4.74 Å². The van der Waals surface area contributed by atoms with Gasteiger partial charge in [-0.2, -0.15) is 17.6 Å². The lowest BCUT2D eigenvalue weighted by Gasteiger charge is -2.22. The number of carbonyl (C=O) groups is 1. The molecule has 0 amide bonds. The summed E-state index contributed by atoms with van der Waals surface area (Å²) in [6.45, 7) is 0.792. The standard InChI is InChI=1S/C11H8F4O2/c1-7(16)17-11(15,9(12)10(13)14)8-5-3-2-4-6-8/h2-6H,1H3. The van der Waals surface area contributed by atoms with Gasteiger partial charge in [-0.05, 0) is 0 Å². The number of carbonyl (C=O) groups excluding carboxylic acids is 1. The molecule has 1 unspecified atom stereocenters. The summed E-state index contributed by atoms with van der Waals surface area (Å²) in [6, 6.07) is 6.15. The van der Waals surface area contributed by atoms with Crippen LogP contribution in [0.5, 0.6) is 0 Å². The summed E-state index contributed by atoms with van der Waals surface area (Å²) < 4.78 is 55.5. The molecule has 92 valence electrons. The van der Waals surface area contributed by atoms with Crippen molar-refractivity contribution >= 4 is 5.97 Å². The molecule has 0 bridgehead atoms. The van der Waals surface area contributed by atoms with E-state index in [4.69, 9.17) is 0 Å². The third-order valence-corrected chi connectivity index (χ3v) is 1.88. The van der Waals surface area contributed by atoms with E-state index < -0.39 is 29.3 Å². The van der Waals surface area contributed by atoms with Crippen molar-refractivity contribution in [2.75, 3.05) is 0 Å². The Labute approximate surface area is 94.5 Å². The molecule has 0 aliphatic heterocycles. The number of hydrogen-bond acceptors (Lipinski definition) is 2. The molecule has 6 heteroatoms. The van der Waals surface area contributed by atoms with Crippen molar-refractivity contribution in [2.45, 2.75) is 12.8 Å². The fourth-order valence-electron chi connectivity index (χ4n) is 1.20. The largest absolute Gasteiger partial charge is 0.417 e. The quantitative estimate of drug-likeness (QED) is 0.605. The van der Waals surface area contributed by atoms with Crippen molar-refractivity contribution < 1.29 is 27.1 Å². The fraction of sp³-hybridized carbons (Fsp3) is 0.182. The molecule has 1 aromatic carbocycles. The molecule has 2 nitrogen and oxygen atoms in total. The van der Waals surface area contributed by atoms with Crippen LogP contribution in [-0.4, -0.2) is 5.97 Å². The molecule has 0 aliphatic rings. The first kappa shape index (κ1) is 13.2. The maximum absolute atomic E-state index is 14.1. The van der Waals surface area contributed by atoms with Gasteiger partial charge in [0.05, 0.1) is 0 Å². The number of alkyl halides is 1. The molecular formula is C11H8F4O2. The van der Waals surface area contributed by atoms with Gasteiger partial charge in [0.1, 0.15) is 0 Å². The van der Waals surface area contributed by atoms with Gasteiger partial charge in [-0.3, -0.25) is 4.79 Å². The minimum atomic E-state index is -3.59. The van der Waals surface area contributed by atoms with E-state index >= 15 is 0 Å². The van der Waals surface area contributed by atoms with Crippen molar-refractivity contribution in [3.8, 4) is 0 Å². The minimum absolute atomic E-state index is 0.527. The van der Waals surface area contributed by atoms with E-state index in [0.717, 1.165) is 19.1 Å². The van der Waals surface area contributed by atoms with Gasteiger partial charge >= 0.3 is 17.9 Å². The molecule has 1 rings (SSSR count). The predicted molar refractivity (Wildman–Crippen MR) is 51.3 cm³/mol. The Morgan fingerprint density at radius 3 is 2.12 bits per heavy atom. The van der Waals surface area contributed by atoms with Crippen LogP contribution in [0.1, 0.15) is 12.5 Å². The lowest BCUT2D eigenvalue weighted by molar-refractivity contribution is -0.178. The average Bonchev–Trinajstić information content (AvgIpc) is 2.28. The molecule has 0 aromatic heterocycles. The Bertz CT molecular complexity index is 440. The van der Waals surface area contributed by atoms with E-state index in [1.54, 1.807) is 0 Å². The average molecular weight is 248 g/mol. The van der Waals surface area contributed by atoms with Gasteiger partial charge < -0.3 is 4.74 Å². The Morgan fingerprint density at radius 2 is 1.71 bits per heavy atom. The number of hydrogen-bond donors (Lipinski definition) is 0. The first-order valence-electron chi connectivity index (χ1n) is 4.53. The topological polar surface area (TPSA) is 26.3 Å². The lowest BCUT2D eigenvalue weighted by atomic mass is 10.1. The summed E-state index contributed by atoms with van der Waals surface area (Å²) in [7, 11) is 0. The first-order chi connectivity index (χ1) is 7.88. The van der Waals surface area contributed by atoms with Crippen molar-refractivity contribution in [1.29, 1.82) is 0 Å². The van der Waals surface area contributed by atoms with E-state index in [0.29, 0.717) is 0 Å². The number of esters is 1. The summed E-state index contributed by atoms with van der Waals surface area (Å²) >= 11 is 0. The molecule has 0 radical (unpaired) electrons. The van der Waals surface area contributed by atoms with E-state index in [1.165, 1.54) is 18.2 Å². The maximum Gasteiger partial charge on any atom is 0.334 e. The number of benzene rings is 1. The number of halogens is 4. The fourth-order valence-corrected chi connectivity index (χ4v) is 1.20. The third kappa shape index (κ3) is 2.83. The molecule has 0 saturated heterocycles. The van der Waals surface area contributed by atoms with Crippen molar-refractivity contribution in [1.82, 2.24) is 0 Å². The van der Waals surface area contributed by atoms with Crippen LogP contribution in [0.25, 0.3) is 0 Å². The molecule has 1 atom stereocenters. The lowest BCUT2D eigenvalue weighted by Crippen LogP contribution is -2.28. The highest BCUT2D eigenvalue weighted by Crippen LogP contribution is 2.38. The van der Waals surface area contributed by atoms with Crippen LogP contribution in [0.3, 0.4) is 0 Å². The van der Waals surface area contributed by atoms with Crippen molar-refractivity contribution in [2.24, 2.45) is 0 Å². The van der Waals surface area contributed by atoms with Crippen LogP contribution in [0, 0.1) is 0 Å². The second kappa shape index (κ2) is 4.99. The molecule has 17 heavy (non-hydrogen) atoms. The smallest absolute Gasteiger partial charge is 0.334 e. The predicted octanol–water partition coefficient (Wildman–Crippen LogP) is 3.45. The molecule has 0 saturated carbocycles. The molecular weight excluding hydrogens is 240 g/mol. The highest BCUT2D eigenvalue weighted by molar-refractivity contribution is 5.67. The van der Waals surface area contributed by atoms with Gasteiger partial charge in [-0.1, -0.05) is 30.3 Å². The van der Waals surface area contributed by atoms with Crippen LogP contribution in [-0.2, 0) is 15.4 Å². The third-order valence-electron chi connectivity index (χ3n) is 1.88. The van der Waals surface area contributed by atoms with Gasteiger partial charge in [-0.15, -0.1) is 0 Å². The van der Waals surface area contributed by atoms with Gasteiger partial charge in [0.25, 0.3) is 0 Å². The molecule has 0 fully saturated rings. The van der Waals surface area contributed by atoms with Crippen LogP contribution in [0.15, 0.2) is 42.2 Å². The number of ether oxygens (including phenoxy) is 1. The van der Waals surface area contributed by atoms with Gasteiger partial charge in [0.2, 0.25) is 5.83 Å². The molecule has 1 aromatic rings. The van der Waals surface area contributed by atoms with Crippen molar-refractivity contribution in [3.63, 3.8) is 0 Å². The molecule has 0 spiro atoms. The Hall–Kier alpha value is -1.85. The summed E-state index contributed by atoms with van der Waals surface area (Å²) in [5.74, 6) is -7.24. The molecule has 0 heterocycles. The Balaban J connectivity index is 3.30. The van der Waals surface area contributed by atoms with Crippen LogP contribution >= 0.6 is 0 Å². The number of rotatable bonds is 3. The van der Waals surface area contributed by atoms with E-state index in [1.807, 2.05) is 0 Å². The summed E-state index contributed by atoms with van der Waals surface area (Å²) in [5, 5.41) is 0. The SMILES string of the molecule is CC(=O)OC(F)(C(F)=C(F)F)c1ccccc1. The minimum Gasteiger partial charge on any atom is -0.417 e. The zero-order valence-corrected chi connectivity index (χ0v) is 8.72. The van der Waals surface area contributed by atoms with E-state index in [9.17, 15) is 22.4 Å². The summed E-state index contributed by atoms with van der Waals surface area (Å²) in [5.41, 5.74) is -0.527. The first-order valence-corrected chi connectivity index (χ1v) is 4.53. The highest BCUT2D eigenvalue weighted by Gasteiger charge is 2.44. The van der Waals surface area contributed by atoms with Crippen LogP contribution in [0.4, 0.5) is 17.6 Å². The Kier molecular flexibility index (Phi) is 3.88. The summed E-state index contributed by atoms with van der Waals surface area (Å²) in [4.78, 5) is 10.7. The Morgan fingerprint density at radius 1 is 1.18 bits per heavy atom. The van der Waals surface area contributed by atoms with Crippen LogP contribution in [0.2, 0.25) is 0 Å². The zero-order chi connectivity index (χ0) is 13.1. The molecule has 0 aliphatic carbocycles. The van der Waals surface area contributed by atoms with Crippen LogP contribution < -0.4 is 0 Å². The van der Waals surface area contributed by atoms with Gasteiger partial charge in [-0.25, -0.2) is 0 Å². The molecule has 0 N–H and O–H groups in total. The monoisotopic (exact) mass is 248 g/mol. The van der Waals surface area contributed by atoms with E-state index in [-0.39, 0.29) is 0 Å². The zero-order valence-electron chi connectivity index (χ0n) is 8.72. The highest BCUT2D eigenvalue weighted by atomic mass is 19.3. The normalized spacial score (nSPS) is 13.7. The summed E-state index contributed by atoms with van der Waals surface area (Å²) in [6.07, 6.45) is -2.88. The second-order valence-corrected chi connectivity index (χ2v) is 3.13. The maximum atomic E-state index is 14.1. The van der Waals surface area contributed by atoms with Gasteiger partial charge in [0, 0.05) is 12.5 Å². The van der Waals surface area contributed by atoms with Gasteiger partial charge in [0.15, 0.2) is 0 Å². The van der Waals surface area contributed by atoms with Crippen molar-refractivity contribution in [3.05, 3.63) is 47.8 Å². The second-order valence-electron chi connectivity index (χ2n) is 3.13.